The molecular formula is C18H22N4O3. The van der Waals surface area contributed by atoms with E-state index >= 15 is 0 Å². The molecular weight excluding hydrogens is 320 g/mol. The zero-order chi connectivity index (χ0) is 17.2. The van der Waals surface area contributed by atoms with Crippen LogP contribution in [0.25, 0.3) is 0 Å². The summed E-state index contributed by atoms with van der Waals surface area (Å²) in [4.78, 5) is 12.9. The van der Waals surface area contributed by atoms with Gasteiger partial charge >= 0.3 is 0 Å². The van der Waals surface area contributed by atoms with Gasteiger partial charge in [0, 0.05) is 24.6 Å². The number of nitrogens with zero attached hydrogens (tertiary/aromatic N) is 4. The molecule has 25 heavy (non-hydrogen) atoms. The number of nitro benzene ring substituents is 1. The molecule has 1 unspecified atom stereocenters. The first-order valence-electron chi connectivity index (χ1n) is 9.01. The number of piperidine rings is 1. The summed E-state index contributed by atoms with van der Waals surface area (Å²) in [7, 11) is 0. The van der Waals surface area contributed by atoms with E-state index in [1.54, 1.807) is 12.1 Å². The Morgan fingerprint density at radius 3 is 2.76 bits per heavy atom. The highest BCUT2D eigenvalue weighted by atomic mass is 16.6. The number of nitro groups is 1. The fourth-order valence-electron chi connectivity index (χ4n) is 3.66. The lowest BCUT2D eigenvalue weighted by Gasteiger charge is -2.33. The van der Waals surface area contributed by atoms with Gasteiger partial charge in [-0.3, -0.25) is 15.0 Å². The summed E-state index contributed by atoms with van der Waals surface area (Å²) in [5.74, 6) is 1.92. The fourth-order valence-corrected chi connectivity index (χ4v) is 3.66. The van der Waals surface area contributed by atoms with Crippen LogP contribution in [0.15, 0.2) is 28.7 Å². The minimum absolute atomic E-state index is 0.106. The van der Waals surface area contributed by atoms with Gasteiger partial charge in [0.2, 0.25) is 11.8 Å². The van der Waals surface area contributed by atoms with E-state index in [0.29, 0.717) is 18.4 Å². The SMILES string of the molecule is O=[N+]([O-])c1cccc(CN2CCCCC2c2nnc(C3CCC3)o2)c1. The van der Waals surface area contributed by atoms with Gasteiger partial charge in [0.25, 0.3) is 5.69 Å². The summed E-state index contributed by atoms with van der Waals surface area (Å²) in [6.07, 6.45) is 6.77. The topological polar surface area (TPSA) is 85.3 Å². The molecule has 1 aromatic carbocycles. The van der Waals surface area contributed by atoms with Gasteiger partial charge in [-0.1, -0.05) is 25.0 Å². The van der Waals surface area contributed by atoms with Gasteiger partial charge in [-0.2, -0.15) is 0 Å². The van der Waals surface area contributed by atoms with Gasteiger partial charge in [-0.25, -0.2) is 0 Å². The molecule has 1 saturated heterocycles. The predicted octanol–water partition coefficient (Wildman–Crippen LogP) is 3.97. The zero-order valence-electron chi connectivity index (χ0n) is 14.1. The Bertz CT molecular complexity index is 756. The van der Waals surface area contributed by atoms with Crippen molar-refractivity contribution in [2.75, 3.05) is 6.54 Å². The number of rotatable bonds is 5. The molecule has 0 spiro atoms. The van der Waals surface area contributed by atoms with E-state index in [9.17, 15) is 10.1 Å². The summed E-state index contributed by atoms with van der Waals surface area (Å²) in [5.41, 5.74) is 1.08. The van der Waals surface area contributed by atoms with Crippen LogP contribution in [0.2, 0.25) is 0 Å². The number of hydrogen-bond acceptors (Lipinski definition) is 6. The molecule has 1 saturated carbocycles. The Balaban J connectivity index is 1.51. The van der Waals surface area contributed by atoms with Crippen molar-refractivity contribution < 1.29 is 9.34 Å². The van der Waals surface area contributed by atoms with Crippen LogP contribution >= 0.6 is 0 Å². The van der Waals surface area contributed by atoms with Gasteiger partial charge in [-0.05, 0) is 37.8 Å². The Hall–Kier alpha value is -2.28. The first-order chi connectivity index (χ1) is 12.2. The van der Waals surface area contributed by atoms with Crippen molar-refractivity contribution in [1.29, 1.82) is 0 Å². The number of non-ortho nitro benzene ring substituents is 1. The van der Waals surface area contributed by atoms with Crippen LogP contribution in [0, 0.1) is 10.1 Å². The van der Waals surface area contributed by atoms with Crippen molar-refractivity contribution in [3.05, 3.63) is 51.7 Å². The van der Waals surface area contributed by atoms with E-state index in [4.69, 9.17) is 4.42 Å². The molecule has 7 nitrogen and oxygen atoms in total. The van der Waals surface area contributed by atoms with Crippen molar-refractivity contribution in [3.8, 4) is 0 Å². The molecule has 4 rings (SSSR count). The molecule has 2 aromatic rings. The maximum Gasteiger partial charge on any atom is 0.269 e. The lowest BCUT2D eigenvalue weighted by molar-refractivity contribution is -0.384. The Morgan fingerprint density at radius 2 is 2.00 bits per heavy atom. The third-order valence-corrected chi connectivity index (χ3v) is 5.32. The maximum atomic E-state index is 11.0. The summed E-state index contributed by atoms with van der Waals surface area (Å²) in [5, 5.41) is 19.6. The molecule has 1 atom stereocenters. The van der Waals surface area contributed by atoms with Crippen LogP contribution in [0.1, 0.15) is 67.8 Å². The molecule has 0 N–H and O–H groups in total. The second-order valence-electron chi connectivity index (χ2n) is 7.02. The molecule has 1 aromatic heterocycles. The van der Waals surface area contributed by atoms with Crippen LogP contribution in [0.4, 0.5) is 5.69 Å². The second-order valence-corrected chi connectivity index (χ2v) is 7.02. The molecule has 2 fully saturated rings. The standard InChI is InChI=1S/C18H22N4O3/c23-22(24)15-8-3-5-13(11-15)12-21-10-2-1-9-16(21)18-20-19-17(25-18)14-6-4-7-14/h3,5,8,11,14,16H,1-2,4,6-7,9-10,12H2. The maximum absolute atomic E-state index is 11.0. The first kappa shape index (κ1) is 16.2. The van der Waals surface area contributed by atoms with Crippen LogP contribution in [-0.4, -0.2) is 26.6 Å². The van der Waals surface area contributed by atoms with Gasteiger partial charge in [0.05, 0.1) is 11.0 Å². The zero-order valence-corrected chi connectivity index (χ0v) is 14.1. The van der Waals surface area contributed by atoms with E-state index in [1.807, 2.05) is 6.07 Å². The normalized spacial score (nSPS) is 21.8. The van der Waals surface area contributed by atoms with E-state index in [1.165, 1.54) is 12.5 Å². The van der Waals surface area contributed by atoms with E-state index in [2.05, 4.69) is 15.1 Å². The largest absolute Gasteiger partial charge is 0.423 e. The minimum atomic E-state index is -0.347. The Labute approximate surface area is 146 Å². The number of likely N-dealkylation sites (tertiary alicyclic amines) is 1. The van der Waals surface area contributed by atoms with Crippen LogP contribution in [-0.2, 0) is 6.54 Å². The van der Waals surface area contributed by atoms with Gasteiger partial charge in [0.1, 0.15) is 0 Å². The van der Waals surface area contributed by atoms with Crippen LogP contribution < -0.4 is 0 Å². The summed E-state index contributed by atoms with van der Waals surface area (Å²) >= 11 is 0. The Kier molecular flexibility index (Phi) is 4.48. The highest BCUT2D eigenvalue weighted by Crippen LogP contribution is 2.38. The summed E-state index contributed by atoms with van der Waals surface area (Å²) in [6.45, 7) is 1.60. The highest BCUT2D eigenvalue weighted by Gasteiger charge is 2.31. The van der Waals surface area contributed by atoms with Crippen molar-refractivity contribution in [3.63, 3.8) is 0 Å². The first-order valence-corrected chi connectivity index (χ1v) is 9.01. The number of benzene rings is 1. The van der Waals surface area contributed by atoms with Crippen molar-refractivity contribution in [2.45, 2.75) is 57.0 Å². The quantitative estimate of drug-likeness (QED) is 0.603. The van der Waals surface area contributed by atoms with E-state index in [0.717, 1.165) is 50.1 Å². The van der Waals surface area contributed by atoms with Crippen LogP contribution in [0.5, 0.6) is 0 Å². The summed E-state index contributed by atoms with van der Waals surface area (Å²) < 4.78 is 5.98. The van der Waals surface area contributed by atoms with E-state index < -0.39 is 0 Å². The number of aromatic nitrogens is 2. The molecule has 0 amide bonds. The molecule has 1 aliphatic heterocycles. The number of hydrogen-bond donors (Lipinski definition) is 0. The van der Waals surface area contributed by atoms with Crippen molar-refractivity contribution in [1.82, 2.24) is 15.1 Å². The highest BCUT2D eigenvalue weighted by molar-refractivity contribution is 5.34. The molecule has 0 bridgehead atoms. The van der Waals surface area contributed by atoms with Crippen LogP contribution in [0.3, 0.4) is 0 Å². The molecule has 7 heteroatoms. The van der Waals surface area contributed by atoms with Crippen molar-refractivity contribution in [2.24, 2.45) is 0 Å². The monoisotopic (exact) mass is 342 g/mol. The lowest BCUT2D eigenvalue weighted by atomic mass is 9.85. The molecule has 1 aliphatic carbocycles. The third-order valence-electron chi connectivity index (χ3n) is 5.32. The molecule has 2 heterocycles. The van der Waals surface area contributed by atoms with Gasteiger partial charge in [0.15, 0.2) is 0 Å². The van der Waals surface area contributed by atoms with E-state index in [-0.39, 0.29) is 16.7 Å². The predicted molar refractivity (Wildman–Crippen MR) is 91.0 cm³/mol. The second kappa shape index (κ2) is 6.92. The lowest BCUT2D eigenvalue weighted by Crippen LogP contribution is -2.33. The average molecular weight is 342 g/mol. The molecule has 2 aliphatic rings. The fraction of sp³-hybridized carbons (Fsp3) is 0.556. The third kappa shape index (κ3) is 3.42. The average Bonchev–Trinajstić information content (AvgIpc) is 3.03. The Morgan fingerprint density at radius 1 is 1.16 bits per heavy atom. The molecule has 132 valence electrons. The smallest absolute Gasteiger partial charge is 0.269 e. The summed E-state index contributed by atoms with van der Waals surface area (Å²) in [6, 6.07) is 6.97. The minimum Gasteiger partial charge on any atom is -0.423 e. The van der Waals surface area contributed by atoms with Gasteiger partial charge in [-0.15, -0.1) is 10.2 Å². The van der Waals surface area contributed by atoms with Crippen molar-refractivity contribution >= 4 is 5.69 Å². The van der Waals surface area contributed by atoms with Gasteiger partial charge < -0.3 is 4.42 Å². The molecule has 0 radical (unpaired) electrons.